The van der Waals surface area contributed by atoms with Crippen LogP contribution in [0.15, 0.2) is 73.3 Å². The summed E-state index contributed by atoms with van der Waals surface area (Å²) in [6.07, 6.45) is 5.58. The van der Waals surface area contributed by atoms with Gasteiger partial charge < -0.3 is 24.5 Å². The molecule has 0 radical (unpaired) electrons. The van der Waals surface area contributed by atoms with Crippen LogP contribution in [-0.2, 0) is 11.3 Å². The monoisotopic (exact) mass is 656 g/mol. The molecule has 236 valence electrons. The van der Waals surface area contributed by atoms with E-state index in [0.717, 1.165) is 11.3 Å². The van der Waals surface area contributed by atoms with Crippen molar-refractivity contribution in [2.24, 2.45) is 0 Å². The Balaban J connectivity index is 1.21. The normalized spacial score (nSPS) is 16.9. The molecule has 2 N–H and O–H groups in total. The summed E-state index contributed by atoms with van der Waals surface area (Å²) in [7, 11) is 0. The van der Waals surface area contributed by atoms with E-state index in [2.05, 4.69) is 34.7 Å². The first-order valence-electron chi connectivity index (χ1n) is 14.5. The third-order valence-corrected chi connectivity index (χ3v) is 8.11. The van der Waals surface area contributed by atoms with Crippen LogP contribution < -0.4 is 10.1 Å². The predicted molar refractivity (Wildman–Crippen MR) is 165 cm³/mol. The molecule has 2 atom stereocenters. The first-order valence-corrected chi connectivity index (χ1v) is 14.9. The smallest absolute Gasteiger partial charge is 0.420 e. The molecule has 0 fully saturated rings. The van der Waals surface area contributed by atoms with Gasteiger partial charge in [-0.3, -0.25) is 9.78 Å². The second kappa shape index (κ2) is 10.9. The van der Waals surface area contributed by atoms with Crippen molar-refractivity contribution in [3.8, 4) is 34.1 Å². The average Bonchev–Trinajstić information content (AvgIpc) is 3.73. The Morgan fingerprint density at radius 1 is 1.13 bits per heavy atom. The zero-order chi connectivity index (χ0) is 32.4. The van der Waals surface area contributed by atoms with Crippen LogP contribution in [0.3, 0.4) is 0 Å². The van der Waals surface area contributed by atoms with Crippen molar-refractivity contribution in [3.05, 3.63) is 96.0 Å². The van der Waals surface area contributed by atoms with Crippen LogP contribution >= 0.6 is 11.6 Å². The molecule has 0 saturated carbocycles. The molecule has 0 bridgehead atoms. The summed E-state index contributed by atoms with van der Waals surface area (Å²) in [6, 6.07) is 12.4. The van der Waals surface area contributed by atoms with Crippen molar-refractivity contribution in [2.75, 3.05) is 11.9 Å². The molecule has 47 heavy (non-hydrogen) atoms. The van der Waals surface area contributed by atoms with Gasteiger partial charge in [0.25, 0.3) is 5.91 Å². The standard InChI is InChI=1S/C32H23ClF2N8O4/c1-16-14-46-15-25-40-24-11-17(30(45)39-19-3-5-20(6-4-19)47-32(33,34)35)9-21(28(24)43(16)25)18-10-22-26-23(29(44)27(22)38-12-18)13-42(41-26)31-36-7-2-8-37-31/h2-13,16,29,44H,14-15H2,1H3,(H,39,45)/t16-,29?/m1/s1. The second-order valence-corrected chi connectivity index (χ2v) is 11.6. The Morgan fingerprint density at radius 2 is 1.91 bits per heavy atom. The van der Waals surface area contributed by atoms with Crippen LogP contribution in [0.1, 0.15) is 46.5 Å². The number of aliphatic hydroxyl groups excluding tert-OH is 1. The van der Waals surface area contributed by atoms with E-state index in [1.165, 1.54) is 28.9 Å². The minimum atomic E-state index is -3.86. The van der Waals surface area contributed by atoms with E-state index in [0.29, 0.717) is 69.6 Å². The highest BCUT2D eigenvalue weighted by atomic mass is 35.5. The molecule has 1 unspecified atom stereocenters. The second-order valence-electron chi connectivity index (χ2n) is 11.2. The van der Waals surface area contributed by atoms with Crippen molar-refractivity contribution < 1.29 is 28.2 Å². The number of alkyl halides is 3. The van der Waals surface area contributed by atoms with E-state index in [1.54, 1.807) is 43.0 Å². The zero-order valence-electron chi connectivity index (χ0n) is 24.4. The van der Waals surface area contributed by atoms with Crippen LogP contribution in [0, 0.1) is 0 Å². The molecule has 5 heterocycles. The lowest BCUT2D eigenvalue weighted by Crippen LogP contribution is -2.21. The van der Waals surface area contributed by atoms with E-state index in [4.69, 9.17) is 21.3 Å². The highest BCUT2D eigenvalue weighted by Crippen LogP contribution is 2.44. The number of hydrogen-bond acceptors (Lipinski definition) is 9. The number of amides is 1. The fourth-order valence-electron chi connectivity index (χ4n) is 6.03. The number of halogens is 3. The molecule has 0 saturated heterocycles. The third-order valence-electron chi connectivity index (χ3n) is 8.04. The van der Waals surface area contributed by atoms with Crippen LogP contribution in [0.25, 0.3) is 39.4 Å². The van der Waals surface area contributed by atoms with Gasteiger partial charge in [0.05, 0.1) is 29.4 Å². The Morgan fingerprint density at radius 3 is 2.68 bits per heavy atom. The lowest BCUT2D eigenvalue weighted by atomic mass is 9.99. The van der Waals surface area contributed by atoms with Crippen molar-refractivity contribution >= 4 is 34.2 Å². The summed E-state index contributed by atoms with van der Waals surface area (Å²) in [5.41, 5.74) is 1.80. The number of fused-ring (bicyclic) bond motifs is 6. The molecule has 6 aromatic rings. The van der Waals surface area contributed by atoms with Crippen LogP contribution in [0.4, 0.5) is 14.5 Å². The van der Waals surface area contributed by atoms with E-state index in [-0.39, 0.29) is 11.8 Å². The highest BCUT2D eigenvalue weighted by molar-refractivity contribution is 6.20. The van der Waals surface area contributed by atoms with Crippen molar-refractivity contribution in [2.45, 2.75) is 31.2 Å². The molecule has 12 nitrogen and oxygen atoms in total. The summed E-state index contributed by atoms with van der Waals surface area (Å²) in [5, 5.41) is 18.6. The molecule has 0 spiro atoms. The van der Waals surface area contributed by atoms with Gasteiger partial charge in [0.1, 0.15) is 30.0 Å². The molecule has 4 aromatic heterocycles. The highest BCUT2D eigenvalue weighted by Gasteiger charge is 2.34. The Labute approximate surface area is 269 Å². The number of pyridine rings is 1. The number of nitrogens with zero attached hydrogens (tertiary/aromatic N) is 7. The number of anilines is 1. The average molecular weight is 657 g/mol. The van der Waals surface area contributed by atoms with Gasteiger partial charge in [-0.05, 0) is 55.5 Å². The van der Waals surface area contributed by atoms with Crippen molar-refractivity contribution in [3.63, 3.8) is 0 Å². The number of aliphatic hydroxyl groups is 1. The summed E-state index contributed by atoms with van der Waals surface area (Å²) in [6.45, 7) is 2.84. The minimum absolute atomic E-state index is 0.0272. The Kier molecular flexibility index (Phi) is 6.75. The number of nitrogens with one attached hydrogen (secondary N) is 1. The minimum Gasteiger partial charge on any atom is -0.420 e. The first kappa shape index (κ1) is 29.1. The van der Waals surface area contributed by atoms with Crippen molar-refractivity contribution in [1.82, 2.24) is 34.3 Å². The molecule has 1 amide bonds. The van der Waals surface area contributed by atoms with Gasteiger partial charge in [-0.15, -0.1) is 8.78 Å². The predicted octanol–water partition coefficient (Wildman–Crippen LogP) is 5.65. The van der Waals surface area contributed by atoms with E-state index in [9.17, 15) is 18.7 Å². The Bertz CT molecular complexity index is 2180. The summed E-state index contributed by atoms with van der Waals surface area (Å²) in [5.74, 6) is 0.470. The maximum atomic E-state index is 13.6. The van der Waals surface area contributed by atoms with Crippen LogP contribution in [-0.4, -0.2) is 57.5 Å². The molecule has 2 aromatic carbocycles. The largest absolute Gasteiger partial charge is 0.487 e. The fourth-order valence-corrected chi connectivity index (χ4v) is 6.12. The van der Waals surface area contributed by atoms with Gasteiger partial charge in [-0.2, -0.15) is 5.10 Å². The molecule has 1 aliphatic carbocycles. The number of rotatable bonds is 6. The quantitative estimate of drug-likeness (QED) is 0.218. The van der Waals surface area contributed by atoms with E-state index in [1.807, 2.05) is 13.0 Å². The van der Waals surface area contributed by atoms with Gasteiger partial charge in [0.15, 0.2) is 0 Å². The lowest BCUT2D eigenvalue weighted by molar-refractivity contribution is -0.0964. The fraction of sp³-hybridized carbons (Fsp3) is 0.188. The number of hydrogen-bond donors (Lipinski definition) is 2. The van der Waals surface area contributed by atoms with Gasteiger partial charge in [-0.25, -0.2) is 19.6 Å². The zero-order valence-corrected chi connectivity index (χ0v) is 25.2. The number of ether oxygens (including phenoxy) is 2. The molecule has 15 heteroatoms. The topological polar surface area (TPSA) is 142 Å². The third kappa shape index (κ3) is 5.16. The number of carbonyl (C=O) groups is 1. The SMILES string of the molecule is C[C@@H]1COCc2nc3cc(C(=O)Nc4ccc(OC(F)(F)Cl)cc4)cc(-c4cnc5c(c4)-c4nn(-c6ncccn6)cc4C5O)c3n21. The summed E-state index contributed by atoms with van der Waals surface area (Å²) >= 11 is 4.85. The summed E-state index contributed by atoms with van der Waals surface area (Å²) < 4.78 is 39.8. The Hall–Kier alpha value is -5.31. The number of imidazole rings is 1. The first-order chi connectivity index (χ1) is 22.6. The number of benzene rings is 2. The number of carbonyl (C=O) groups excluding carboxylic acids is 1. The maximum absolute atomic E-state index is 13.6. The molecule has 2 aliphatic rings. The molecule has 1 aliphatic heterocycles. The lowest BCUT2D eigenvalue weighted by Gasteiger charge is -2.23. The molecular weight excluding hydrogens is 634 g/mol. The maximum Gasteiger partial charge on any atom is 0.487 e. The van der Waals surface area contributed by atoms with Gasteiger partial charge in [0, 0.05) is 69.9 Å². The van der Waals surface area contributed by atoms with Gasteiger partial charge in [0.2, 0.25) is 5.95 Å². The summed E-state index contributed by atoms with van der Waals surface area (Å²) in [4.78, 5) is 31.5. The van der Waals surface area contributed by atoms with E-state index < -0.39 is 17.6 Å². The van der Waals surface area contributed by atoms with Gasteiger partial charge in [-0.1, -0.05) is 0 Å². The van der Waals surface area contributed by atoms with Gasteiger partial charge >= 0.3 is 5.57 Å². The molecular formula is C32H23ClF2N8O4. The van der Waals surface area contributed by atoms with Crippen molar-refractivity contribution in [1.29, 1.82) is 0 Å². The number of aromatic nitrogens is 7. The van der Waals surface area contributed by atoms with E-state index >= 15 is 0 Å². The van der Waals surface area contributed by atoms with Crippen LogP contribution in [0.2, 0.25) is 0 Å². The molecule has 8 rings (SSSR count). The van der Waals surface area contributed by atoms with Crippen LogP contribution in [0.5, 0.6) is 5.75 Å².